The van der Waals surface area contributed by atoms with Crippen LogP contribution in [0.4, 0.5) is 0 Å². The van der Waals surface area contributed by atoms with Crippen LogP contribution in [0.25, 0.3) is 0 Å². The lowest BCUT2D eigenvalue weighted by Crippen LogP contribution is -2.28. The summed E-state index contributed by atoms with van der Waals surface area (Å²) in [4.78, 5) is 4.83. The highest BCUT2D eigenvalue weighted by atomic mass is 14.8. The van der Waals surface area contributed by atoms with E-state index in [0.29, 0.717) is 11.8 Å². The number of hydrogen-bond donors (Lipinski definition) is 0. The van der Waals surface area contributed by atoms with Crippen molar-refractivity contribution < 1.29 is 0 Å². The molecule has 1 fully saturated rings. The number of rotatable bonds is 1. The van der Waals surface area contributed by atoms with Crippen molar-refractivity contribution in [3.63, 3.8) is 0 Å². The van der Waals surface area contributed by atoms with Crippen LogP contribution >= 0.6 is 0 Å². The number of nitrogens with zero attached hydrogens (tertiary/aromatic N) is 1. The van der Waals surface area contributed by atoms with Crippen LogP contribution in [0.15, 0.2) is 16.1 Å². The Morgan fingerprint density at radius 1 is 0.950 bits per heavy atom. The van der Waals surface area contributed by atoms with Crippen LogP contribution in [-0.4, -0.2) is 12.3 Å². The summed E-state index contributed by atoms with van der Waals surface area (Å²) in [5, 5.41) is 0. The molecule has 1 heterocycles. The third-order valence-electron chi connectivity index (χ3n) is 4.11. The van der Waals surface area contributed by atoms with Gasteiger partial charge in [0.2, 0.25) is 0 Å². The third kappa shape index (κ3) is 5.42. The second-order valence-electron chi connectivity index (χ2n) is 7.44. The maximum absolute atomic E-state index is 4.83. The van der Waals surface area contributed by atoms with Gasteiger partial charge in [-0.2, -0.15) is 0 Å². The van der Waals surface area contributed by atoms with Crippen molar-refractivity contribution in [1.29, 1.82) is 0 Å². The number of hydrogen-bond acceptors (Lipinski definition) is 1. The molecule has 0 aromatic heterocycles. The van der Waals surface area contributed by atoms with Gasteiger partial charge in [-0.3, -0.25) is 4.99 Å². The van der Waals surface area contributed by atoms with Crippen LogP contribution < -0.4 is 0 Å². The number of allylic oxidation sites excluding steroid dienone is 1. The Morgan fingerprint density at radius 2 is 1.55 bits per heavy atom. The molecule has 1 unspecified atom stereocenters. The summed E-state index contributed by atoms with van der Waals surface area (Å²) in [5.74, 6) is 2.17. The summed E-state index contributed by atoms with van der Waals surface area (Å²) >= 11 is 0. The fourth-order valence-corrected chi connectivity index (χ4v) is 3.21. The van der Waals surface area contributed by atoms with Gasteiger partial charge in [-0.25, -0.2) is 0 Å². The molecule has 1 aliphatic carbocycles. The van der Waals surface area contributed by atoms with Crippen LogP contribution in [-0.2, 0) is 0 Å². The van der Waals surface area contributed by atoms with Crippen LogP contribution in [0.5, 0.6) is 0 Å². The lowest BCUT2D eigenvalue weighted by molar-refractivity contribution is 0.508. The van der Waals surface area contributed by atoms with E-state index in [4.69, 9.17) is 4.99 Å². The molecule has 1 aliphatic heterocycles. The molecule has 0 N–H and O–H groups in total. The lowest BCUT2D eigenvalue weighted by Gasteiger charge is -2.31. The minimum atomic E-state index is 0.632. The van der Waals surface area contributed by atoms with E-state index in [1.54, 1.807) is 11.1 Å². The van der Waals surface area contributed by atoms with Gasteiger partial charge >= 0.3 is 0 Å². The Bertz CT molecular complexity index is 344. The first-order chi connectivity index (χ1) is 9.43. The van der Waals surface area contributed by atoms with Crippen molar-refractivity contribution in [2.75, 3.05) is 6.54 Å². The smallest absolute Gasteiger partial charge is 0.0599 e. The van der Waals surface area contributed by atoms with Crippen molar-refractivity contribution in [3.8, 4) is 0 Å². The van der Waals surface area contributed by atoms with Gasteiger partial charge in [-0.15, -0.1) is 0 Å². The van der Waals surface area contributed by atoms with Gasteiger partial charge in [-0.05, 0) is 38.0 Å². The molecule has 0 bridgehead atoms. The number of aliphatic imine (C=N–C) groups is 1. The largest absolute Gasteiger partial charge is 0.289 e. The highest BCUT2D eigenvalue weighted by Gasteiger charge is 2.27. The molecular formula is C19H35N. The normalized spacial score (nSPS) is 23.6. The molecule has 1 heteroatoms. The molecule has 2 aliphatic rings. The number of fused-ring (bicyclic) bond motifs is 1. The van der Waals surface area contributed by atoms with Crippen LogP contribution in [0.3, 0.4) is 0 Å². The van der Waals surface area contributed by atoms with Crippen LogP contribution in [0, 0.1) is 17.8 Å². The van der Waals surface area contributed by atoms with E-state index in [1.165, 1.54) is 44.2 Å². The maximum Gasteiger partial charge on any atom is 0.0599 e. The predicted molar refractivity (Wildman–Crippen MR) is 91.5 cm³/mol. The fourth-order valence-electron chi connectivity index (χ4n) is 3.21. The van der Waals surface area contributed by atoms with Gasteiger partial charge in [0.05, 0.1) is 6.54 Å². The molecule has 116 valence electrons. The molecule has 0 aromatic carbocycles. The first-order valence-electron chi connectivity index (χ1n) is 8.66. The fraction of sp³-hybridized carbons (Fsp3) is 0.842. The van der Waals surface area contributed by atoms with Crippen molar-refractivity contribution in [1.82, 2.24) is 0 Å². The van der Waals surface area contributed by atoms with Crippen molar-refractivity contribution in [2.24, 2.45) is 22.7 Å². The quantitative estimate of drug-likeness (QED) is 0.518. The molecule has 1 atom stereocenters. The minimum Gasteiger partial charge on any atom is -0.289 e. The molecule has 0 spiro atoms. The summed E-state index contributed by atoms with van der Waals surface area (Å²) < 4.78 is 0. The Hall–Kier alpha value is -0.590. The highest BCUT2D eigenvalue weighted by molar-refractivity contribution is 5.92. The SMILES string of the molecule is CC(C)C.CC1=C2CCCCCCC2C(C(C)C)=NC1. The third-order valence-corrected chi connectivity index (χ3v) is 4.11. The van der Waals surface area contributed by atoms with Gasteiger partial charge in [0.1, 0.15) is 0 Å². The molecular weight excluding hydrogens is 242 g/mol. The van der Waals surface area contributed by atoms with E-state index in [0.717, 1.165) is 12.5 Å². The van der Waals surface area contributed by atoms with Gasteiger partial charge in [-0.1, -0.05) is 65.0 Å². The zero-order chi connectivity index (χ0) is 15.1. The summed E-state index contributed by atoms with van der Waals surface area (Å²) in [5.41, 5.74) is 4.80. The van der Waals surface area contributed by atoms with E-state index in [9.17, 15) is 0 Å². The summed E-state index contributed by atoms with van der Waals surface area (Å²) in [6.45, 7) is 14.4. The van der Waals surface area contributed by atoms with Gasteiger partial charge in [0.25, 0.3) is 0 Å². The van der Waals surface area contributed by atoms with E-state index >= 15 is 0 Å². The zero-order valence-electron chi connectivity index (χ0n) is 14.6. The topological polar surface area (TPSA) is 12.4 Å². The highest BCUT2D eigenvalue weighted by Crippen LogP contribution is 2.35. The Labute approximate surface area is 127 Å². The predicted octanol–water partition coefficient (Wildman–Crippen LogP) is 6.05. The summed E-state index contributed by atoms with van der Waals surface area (Å²) in [7, 11) is 0. The molecule has 0 radical (unpaired) electrons. The molecule has 1 saturated carbocycles. The Morgan fingerprint density at radius 3 is 2.15 bits per heavy atom. The monoisotopic (exact) mass is 277 g/mol. The lowest BCUT2D eigenvalue weighted by atomic mass is 9.77. The minimum absolute atomic E-state index is 0.632. The van der Waals surface area contributed by atoms with E-state index in [2.05, 4.69) is 41.5 Å². The van der Waals surface area contributed by atoms with E-state index in [-0.39, 0.29) is 0 Å². The molecule has 20 heavy (non-hydrogen) atoms. The first-order valence-corrected chi connectivity index (χ1v) is 8.66. The summed E-state index contributed by atoms with van der Waals surface area (Å²) in [6, 6.07) is 0. The van der Waals surface area contributed by atoms with Crippen molar-refractivity contribution in [3.05, 3.63) is 11.1 Å². The van der Waals surface area contributed by atoms with Crippen molar-refractivity contribution >= 4 is 5.71 Å². The molecule has 0 aromatic rings. The van der Waals surface area contributed by atoms with Crippen LogP contribution in [0.2, 0.25) is 0 Å². The first kappa shape index (κ1) is 17.5. The van der Waals surface area contributed by atoms with Gasteiger partial charge in [0.15, 0.2) is 0 Å². The number of dihydropyridines is 1. The van der Waals surface area contributed by atoms with E-state index in [1.807, 2.05) is 0 Å². The van der Waals surface area contributed by atoms with Gasteiger partial charge in [0, 0.05) is 11.6 Å². The second kappa shape index (κ2) is 8.64. The van der Waals surface area contributed by atoms with Crippen LogP contribution in [0.1, 0.15) is 80.1 Å². The standard InChI is InChI=1S/C15H25N.C4H10/c1-11(2)15-14-9-7-5-4-6-8-13(14)12(3)10-16-15;1-4(2)3/h11,14H,4-10H2,1-3H3;4H,1-3H3. The molecule has 1 nitrogen and oxygen atoms in total. The van der Waals surface area contributed by atoms with Gasteiger partial charge < -0.3 is 0 Å². The molecule has 0 amide bonds. The Balaban J connectivity index is 0.000000444. The Kier molecular flexibility index (Phi) is 7.55. The zero-order valence-corrected chi connectivity index (χ0v) is 14.6. The second-order valence-corrected chi connectivity index (χ2v) is 7.44. The van der Waals surface area contributed by atoms with E-state index < -0.39 is 0 Å². The molecule has 0 saturated heterocycles. The maximum atomic E-state index is 4.83. The summed E-state index contributed by atoms with van der Waals surface area (Å²) in [6.07, 6.45) is 8.33. The average molecular weight is 277 g/mol. The molecule has 2 rings (SSSR count). The van der Waals surface area contributed by atoms with Crippen molar-refractivity contribution in [2.45, 2.75) is 80.1 Å². The average Bonchev–Trinajstić information content (AvgIpc) is 2.29.